The van der Waals surface area contributed by atoms with Gasteiger partial charge in [-0.1, -0.05) is 0 Å². The molecule has 1 N–H and O–H groups in total. The van der Waals surface area contributed by atoms with Gasteiger partial charge in [0.2, 0.25) is 11.8 Å². The molecule has 1 atom stereocenters. The number of benzene rings is 1. The molecule has 148 valence electrons. The normalized spacial score (nSPS) is 20.9. The second-order valence-electron chi connectivity index (χ2n) is 6.74. The van der Waals surface area contributed by atoms with E-state index in [0.717, 1.165) is 18.4 Å². The van der Waals surface area contributed by atoms with Crippen LogP contribution in [-0.2, 0) is 21.0 Å². The summed E-state index contributed by atoms with van der Waals surface area (Å²) in [4.78, 5) is 32.5. The fraction of sp³-hybridized carbons (Fsp3) is 0.579. The Labute approximate surface area is 159 Å². The van der Waals surface area contributed by atoms with Gasteiger partial charge in [-0.25, -0.2) is 5.06 Å². The number of ether oxygens (including phenoxy) is 2. The minimum atomic E-state index is -0.519. The van der Waals surface area contributed by atoms with Gasteiger partial charge >= 0.3 is 0 Å². The molecule has 0 aliphatic carbocycles. The third-order valence-electron chi connectivity index (χ3n) is 4.89. The standard InChI is InChI=1S/C19H27N3O5/c1-25-15-9-14(10-16(11-15)26-2)13-21-7-5-20-19(24)17(21)12-18(23)22-6-3-4-8-27-22/h9-11,17H,3-8,12-13H2,1-2H3,(H,20,24)/t17-/m0/s1. The number of hydrogen-bond acceptors (Lipinski definition) is 6. The lowest BCUT2D eigenvalue weighted by atomic mass is 10.1. The quantitative estimate of drug-likeness (QED) is 0.795. The number of amides is 2. The van der Waals surface area contributed by atoms with Gasteiger partial charge in [0.25, 0.3) is 0 Å². The average molecular weight is 377 g/mol. The third kappa shape index (κ3) is 4.90. The van der Waals surface area contributed by atoms with Crippen molar-refractivity contribution in [2.45, 2.75) is 31.8 Å². The van der Waals surface area contributed by atoms with Gasteiger partial charge in [-0.3, -0.25) is 19.3 Å². The molecule has 2 saturated heterocycles. The predicted molar refractivity (Wildman–Crippen MR) is 98.3 cm³/mol. The average Bonchev–Trinajstić information content (AvgIpc) is 2.70. The molecule has 0 spiro atoms. The molecule has 0 bridgehead atoms. The SMILES string of the molecule is COc1cc(CN2CCNC(=O)[C@@H]2CC(=O)N2CCCCO2)cc(OC)c1. The molecule has 8 heteroatoms. The molecular weight excluding hydrogens is 350 g/mol. The van der Waals surface area contributed by atoms with Crippen molar-refractivity contribution in [3.05, 3.63) is 23.8 Å². The van der Waals surface area contributed by atoms with Crippen molar-refractivity contribution in [1.29, 1.82) is 0 Å². The molecule has 0 unspecified atom stereocenters. The van der Waals surface area contributed by atoms with Crippen LogP contribution in [0.15, 0.2) is 18.2 Å². The van der Waals surface area contributed by atoms with Crippen LogP contribution in [0.5, 0.6) is 11.5 Å². The Morgan fingerprint density at radius 3 is 2.56 bits per heavy atom. The largest absolute Gasteiger partial charge is 0.497 e. The van der Waals surface area contributed by atoms with Crippen molar-refractivity contribution < 1.29 is 23.9 Å². The van der Waals surface area contributed by atoms with E-state index in [1.165, 1.54) is 5.06 Å². The summed E-state index contributed by atoms with van der Waals surface area (Å²) in [5.41, 5.74) is 0.965. The predicted octanol–water partition coefficient (Wildman–Crippen LogP) is 0.948. The highest BCUT2D eigenvalue weighted by Crippen LogP contribution is 2.25. The molecule has 2 amide bonds. The van der Waals surface area contributed by atoms with Crippen LogP contribution in [0.4, 0.5) is 0 Å². The van der Waals surface area contributed by atoms with Crippen LogP contribution in [0.1, 0.15) is 24.8 Å². The maximum absolute atomic E-state index is 12.6. The molecule has 0 saturated carbocycles. The molecular formula is C19H27N3O5. The van der Waals surface area contributed by atoms with Crippen LogP contribution in [0, 0.1) is 0 Å². The molecule has 2 fully saturated rings. The zero-order valence-corrected chi connectivity index (χ0v) is 15.9. The second kappa shape index (κ2) is 9.05. The van der Waals surface area contributed by atoms with Gasteiger partial charge < -0.3 is 14.8 Å². The molecule has 8 nitrogen and oxygen atoms in total. The fourth-order valence-electron chi connectivity index (χ4n) is 3.43. The van der Waals surface area contributed by atoms with Crippen molar-refractivity contribution in [2.24, 2.45) is 0 Å². The lowest BCUT2D eigenvalue weighted by Gasteiger charge is -2.36. The number of nitrogens with zero attached hydrogens (tertiary/aromatic N) is 2. The number of carbonyl (C=O) groups excluding carboxylic acids is 2. The van der Waals surface area contributed by atoms with Crippen molar-refractivity contribution in [1.82, 2.24) is 15.3 Å². The molecule has 2 heterocycles. The first-order valence-electron chi connectivity index (χ1n) is 9.27. The second-order valence-corrected chi connectivity index (χ2v) is 6.74. The maximum atomic E-state index is 12.6. The number of hydrogen-bond donors (Lipinski definition) is 1. The topological polar surface area (TPSA) is 80.3 Å². The Balaban J connectivity index is 1.72. The minimum absolute atomic E-state index is 0.104. The van der Waals surface area contributed by atoms with E-state index in [0.29, 0.717) is 44.3 Å². The highest BCUT2D eigenvalue weighted by Gasteiger charge is 2.33. The van der Waals surface area contributed by atoms with Gasteiger partial charge in [0, 0.05) is 32.2 Å². The van der Waals surface area contributed by atoms with Crippen LogP contribution in [-0.4, -0.2) is 68.3 Å². The van der Waals surface area contributed by atoms with E-state index in [4.69, 9.17) is 14.3 Å². The first kappa shape index (κ1) is 19.4. The van der Waals surface area contributed by atoms with E-state index < -0.39 is 6.04 Å². The zero-order valence-electron chi connectivity index (χ0n) is 15.9. The first-order chi connectivity index (χ1) is 13.1. The molecule has 2 aliphatic rings. The molecule has 27 heavy (non-hydrogen) atoms. The van der Waals surface area contributed by atoms with Crippen LogP contribution in [0.2, 0.25) is 0 Å². The van der Waals surface area contributed by atoms with E-state index in [1.807, 2.05) is 17.0 Å². The Morgan fingerprint density at radius 2 is 1.93 bits per heavy atom. The molecule has 2 aliphatic heterocycles. The van der Waals surface area contributed by atoms with Crippen molar-refractivity contribution in [3.8, 4) is 11.5 Å². The lowest BCUT2D eigenvalue weighted by molar-refractivity contribution is -0.198. The van der Waals surface area contributed by atoms with Crippen LogP contribution in [0.25, 0.3) is 0 Å². The Hall–Kier alpha value is -2.32. The number of methoxy groups -OCH3 is 2. The summed E-state index contributed by atoms with van der Waals surface area (Å²) in [6.07, 6.45) is 1.99. The third-order valence-corrected chi connectivity index (χ3v) is 4.89. The minimum Gasteiger partial charge on any atom is -0.497 e. The van der Waals surface area contributed by atoms with Gasteiger partial charge in [-0.15, -0.1) is 0 Å². The van der Waals surface area contributed by atoms with E-state index in [2.05, 4.69) is 5.32 Å². The van der Waals surface area contributed by atoms with Gasteiger partial charge in [0.1, 0.15) is 11.5 Å². The number of nitrogens with one attached hydrogen (secondary N) is 1. The molecule has 1 aromatic rings. The maximum Gasteiger partial charge on any atom is 0.248 e. The Bertz CT molecular complexity index is 653. The van der Waals surface area contributed by atoms with Crippen LogP contribution in [0.3, 0.4) is 0 Å². The summed E-state index contributed by atoms with van der Waals surface area (Å²) in [5, 5.41) is 4.26. The number of rotatable bonds is 6. The summed E-state index contributed by atoms with van der Waals surface area (Å²) in [6, 6.07) is 5.12. The Morgan fingerprint density at radius 1 is 1.19 bits per heavy atom. The molecule has 3 rings (SSSR count). The lowest BCUT2D eigenvalue weighted by Crippen LogP contribution is -2.56. The fourth-order valence-corrected chi connectivity index (χ4v) is 3.43. The van der Waals surface area contributed by atoms with E-state index in [-0.39, 0.29) is 18.2 Å². The van der Waals surface area contributed by atoms with E-state index in [9.17, 15) is 9.59 Å². The summed E-state index contributed by atoms with van der Waals surface area (Å²) < 4.78 is 10.6. The summed E-state index contributed by atoms with van der Waals surface area (Å²) >= 11 is 0. The van der Waals surface area contributed by atoms with E-state index in [1.54, 1.807) is 20.3 Å². The van der Waals surface area contributed by atoms with Crippen molar-refractivity contribution in [2.75, 3.05) is 40.5 Å². The molecule has 0 radical (unpaired) electrons. The highest BCUT2D eigenvalue weighted by atomic mass is 16.7. The summed E-state index contributed by atoms with van der Waals surface area (Å²) in [7, 11) is 3.21. The van der Waals surface area contributed by atoms with Gasteiger partial charge in [-0.05, 0) is 30.5 Å². The summed E-state index contributed by atoms with van der Waals surface area (Å²) in [5.74, 6) is 1.12. The number of carbonyl (C=O) groups is 2. The van der Waals surface area contributed by atoms with E-state index >= 15 is 0 Å². The van der Waals surface area contributed by atoms with Gasteiger partial charge in [0.15, 0.2) is 0 Å². The van der Waals surface area contributed by atoms with Crippen LogP contribution < -0.4 is 14.8 Å². The summed E-state index contributed by atoms with van der Waals surface area (Å²) in [6.45, 7) is 2.89. The van der Waals surface area contributed by atoms with Gasteiger partial charge in [-0.2, -0.15) is 0 Å². The van der Waals surface area contributed by atoms with Crippen molar-refractivity contribution >= 4 is 11.8 Å². The number of piperazine rings is 1. The smallest absolute Gasteiger partial charge is 0.248 e. The van der Waals surface area contributed by atoms with Crippen LogP contribution >= 0.6 is 0 Å². The van der Waals surface area contributed by atoms with Gasteiger partial charge in [0.05, 0.1) is 33.3 Å². The first-order valence-corrected chi connectivity index (χ1v) is 9.27. The number of hydroxylamine groups is 2. The highest BCUT2D eigenvalue weighted by molar-refractivity contribution is 5.88. The molecule has 1 aromatic carbocycles. The molecule has 0 aromatic heterocycles. The zero-order chi connectivity index (χ0) is 19.2. The Kier molecular flexibility index (Phi) is 6.52. The van der Waals surface area contributed by atoms with Crippen molar-refractivity contribution in [3.63, 3.8) is 0 Å². The monoisotopic (exact) mass is 377 g/mol.